The first-order valence-electron chi connectivity index (χ1n) is 7.02. The zero-order valence-corrected chi connectivity index (χ0v) is 12.8. The van der Waals surface area contributed by atoms with E-state index in [1.165, 1.54) is 0 Å². The summed E-state index contributed by atoms with van der Waals surface area (Å²) in [6.07, 6.45) is -0.506. The van der Waals surface area contributed by atoms with Gasteiger partial charge in [0.15, 0.2) is 0 Å². The van der Waals surface area contributed by atoms with Crippen LogP contribution < -0.4 is 4.74 Å². The zero-order valence-electron chi connectivity index (χ0n) is 12.8. The smallest absolute Gasteiger partial charge is 0.124 e. The van der Waals surface area contributed by atoms with Crippen LogP contribution in [0.2, 0.25) is 0 Å². The number of rotatable bonds is 7. The molecule has 0 heterocycles. The minimum absolute atomic E-state index is 0.506. The fourth-order valence-corrected chi connectivity index (χ4v) is 2.31. The van der Waals surface area contributed by atoms with Gasteiger partial charge in [0.25, 0.3) is 0 Å². The molecule has 0 aliphatic carbocycles. The number of hydrogen-bond donors (Lipinski definition) is 1. The summed E-state index contributed by atoms with van der Waals surface area (Å²) >= 11 is 0. The largest absolute Gasteiger partial charge is 0.496 e. The van der Waals surface area contributed by atoms with E-state index >= 15 is 0 Å². The number of benzene rings is 1. The third-order valence-electron chi connectivity index (χ3n) is 3.25. The van der Waals surface area contributed by atoms with Gasteiger partial charge in [-0.05, 0) is 31.5 Å². The monoisotopic (exact) mass is 265 g/mol. The highest BCUT2D eigenvalue weighted by molar-refractivity contribution is 5.38. The topological polar surface area (TPSA) is 32.7 Å². The number of ether oxygens (including phenoxy) is 1. The lowest BCUT2D eigenvalue weighted by atomic mass is 10.0. The van der Waals surface area contributed by atoms with Crippen LogP contribution >= 0.6 is 0 Å². The second-order valence-corrected chi connectivity index (χ2v) is 5.51. The summed E-state index contributed by atoms with van der Waals surface area (Å²) in [6, 6.07) is 5.93. The molecule has 1 N–H and O–H groups in total. The molecule has 1 unspecified atom stereocenters. The Morgan fingerprint density at radius 2 is 1.95 bits per heavy atom. The Hall–Kier alpha value is -1.06. The van der Waals surface area contributed by atoms with Crippen molar-refractivity contribution < 1.29 is 9.84 Å². The molecule has 0 saturated carbocycles. The number of aryl methyl sites for hydroxylation is 1. The van der Waals surface area contributed by atoms with Gasteiger partial charge in [-0.15, -0.1) is 0 Å². The predicted molar refractivity (Wildman–Crippen MR) is 79.6 cm³/mol. The maximum absolute atomic E-state index is 10.4. The van der Waals surface area contributed by atoms with Crippen molar-refractivity contribution in [1.29, 1.82) is 0 Å². The maximum atomic E-state index is 10.4. The normalized spacial score (nSPS) is 13.1. The second kappa shape index (κ2) is 7.51. The highest BCUT2D eigenvalue weighted by Gasteiger charge is 2.17. The van der Waals surface area contributed by atoms with E-state index in [4.69, 9.17) is 4.74 Å². The van der Waals surface area contributed by atoms with E-state index in [2.05, 4.69) is 25.7 Å². The average Bonchev–Trinajstić information content (AvgIpc) is 2.37. The Bertz CT molecular complexity index is 390. The molecule has 0 spiro atoms. The summed E-state index contributed by atoms with van der Waals surface area (Å²) in [5, 5.41) is 10.4. The van der Waals surface area contributed by atoms with Crippen LogP contribution in [0.4, 0.5) is 0 Å². The van der Waals surface area contributed by atoms with Gasteiger partial charge in [0, 0.05) is 18.7 Å². The quantitative estimate of drug-likeness (QED) is 0.822. The van der Waals surface area contributed by atoms with Crippen LogP contribution in [0.15, 0.2) is 18.2 Å². The number of aliphatic hydroxyl groups is 1. The van der Waals surface area contributed by atoms with Gasteiger partial charge in [0.05, 0.1) is 13.2 Å². The molecule has 0 fully saturated rings. The van der Waals surface area contributed by atoms with Gasteiger partial charge >= 0.3 is 0 Å². The van der Waals surface area contributed by atoms with Crippen LogP contribution in [0.1, 0.15) is 38.0 Å². The predicted octanol–water partition coefficient (Wildman–Crippen LogP) is 3.01. The van der Waals surface area contributed by atoms with Crippen molar-refractivity contribution in [2.75, 3.05) is 26.7 Å². The molecule has 19 heavy (non-hydrogen) atoms. The molecule has 0 amide bonds. The fraction of sp³-hybridized carbons (Fsp3) is 0.625. The molecule has 3 heteroatoms. The molecule has 1 aromatic rings. The van der Waals surface area contributed by atoms with Crippen molar-refractivity contribution in [3.63, 3.8) is 0 Å². The van der Waals surface area contributed by atoms with Crippen LogP contribution in [-0.4, -0.2) is 36.8 Å². The first kappa shape index (κ1) is 16.0. The first-order valence-corrected chi connectivity index (χ1v) is 7.02. The second-order valence-electron chi connectivity index (χ2n) is 5.51. The van der Waals surface area contributed by atoms with Crippen molar-refractivity contribution in [3.05, 3.63) is 29.3 Å². The van der Waals surface area contributed by atoms with Crippen LogP contribution in [0, 0.1) is 12.8 Å². The summed E-state index contributed by atoms with van der Waals surface area (Å²) in [6.45, 7) is 11.1. The van der Waals surface area contributed by atoms with E-state index in [0.717, 1.165) is 30.0 Å². The average molecular weight is 265 g/mol. The standard InChI is InChI=1S/C16H27NO2/c1-6-17(10-12(2)3)11-15(18)14-9-13(4)7-8-16(14)19-5/h7-9,12,15,18H,6,10-11H2,1-5H3. The molecule has 3 nitrogen and oxygen atoms in total. The van der Waals surface area contributed by atoms with Crippen molar-refractivity contribution in [3.8, 4) is 5.75 Å². The lowest BCUT2D eigenvalue weighted by Gasteiger charge is -2.26. The molecular formula is C16H27NO2. The maximum Gasteiger partial charge on any atom is 0.124 e. The molecule has 1 aromatic carbocycles. The molecular weight excluding hydrogens is 238 g/mol. The van der Waals surface area contributed by atoms with E-state index in [0.29, 0.717) is 12.5 Å². The van der Waals surface area contributed by atoms with E-state index in [-0.39, 0.29) is 0 Å². The van der Waals surface area contributed by atoms with Gasteiger partial charge in [0.2, 0.25) is 0 Å². The zero-order chi connectivity index (χ0) is 14.4. The highest BCUT2D eigenvalue weighted by atomic mass is 16.5. The van der Waals surface area contributed by atoms with Crippen LogP contribution in [0.5, 0.6) is 5.75 Å². The molecule has 108 valence electrons. The highest BCUT2D eigenvalue weighted by Crippen LogP contribution is 2.27. The first-order chi connectivity index (χ1) is 8.97. The summed E-state index contributed by atoms with van der Waals surface area (Å²) in [5.41, 5.74) is 2.02. The van der Waals surface area contributed by atoms with Crippen molar-refractivity contribution >= 4 is 0 Å². The minimum atomic E-state index is -0.506. The number of likely N-dealkylation sites (N-methyl/N-ethyl adjacent to an activating group) is 1. The van der Waals surface area contributed by atoms with E-state index in [1.54, 1.807) is 7.11 Å². The summed E-state index contributed by atoms with van der Waals surface area (Å²) < 4.78 is 5.34. The molecule has 0 radical (unpaired) electrons. The third kappa shape index (κ3) is 4.84. The van der Waals surface area contributed by atoms with Crippen molar-refractivity contribution in [2.24, 2.45) is 5.92 Å². The van der Waals surface area contributed by atoms with Crippen molar-refractivity contribution in [1.82, 2.24) is 4.90 Å². The Balaban J connectivity index is 2.81. The molecule has 1 atom stereocenters. The molecule has 1 rings (SSSR count). The number of methoxy groups -OCH3 is 1. The van der Waals surface area contributed by atoms with Crippen LogP contribution in [-0.2, 0) is 0 Å². The van der Waals surface area contributed by atoms with Gasteiger partial charge in [-0.2, -0.15) is 0 Å². The SMILES string of the molecule is CCN(CC(C)C)CC(O)c1cc(C)ccc1OC. The van der Waals surface area contributed by atoms with Gasteiger partial charge in [0.1, 0.15) is 5.75 Å². The van der Waals surface area contributed by atoms with Crippen LogP contribution in [0.3, 0.4) is 0 Å². The molecule has 0 aliphatic rings. The van der Waals surface area contributed by atoms with Gasteiger partial charge < -0.3 is 14.7 Å². The molecule has 0 saturated heterocycles. The lowest BCUT2D eigenvalue weighted by Crippen LogP contribution is -2.32. The Morgan fingerprint density at radius 3 is 2.47 bits per heavy atom. The van der Waals surface area contributed by atoms with Crippen LogP contribution in [0.25, 0.3) is 0 Å². The van der Waals surface area contributed by atoms with E-state index in [9.17, 15) is 5.11 Å². The Kier molecular flexibility index (Phi) is 6.32. The Labute approximate surface area is 117 Å². The summed E-state index contributed by atoms with van der Waals surface area (Å²) in [7, 11) is 1.65. The van der Waals surface area contributed by atoms with E-state index < -0.39 is 6.10 Å². The molecule has 0 aromatic heterocycles. The summed E-state index contributed by atoms with van der Waals surface area (Å²) in [5.74, 6) is 1.37. The molecule has 0 bridgehead atoms. The number of aliphatic hydroxyl groups excluding tert-OH is 1. The fourth-order valence-electron chi connectivity index (χ4n) is 2.31. The van der Waals surface area contributed by atoms with Crippen molar-refractivity contribution in [2.45, 2.75) is 33.8 Å². The molecule has 0 aliphatic heterocycles. The number of nitrogens with zero attached hydrogens (tertiary/aromatic N) is 1. The lowest BCUT2D eigenvalue weighted by molar-refractivity contribution is 0.107. The van der Waals surface area contributed by atoms with Gasteiger partial charge in [-0.3, -0.25) is 0 Å². The van der Waals surface area contributed by atoms with E-state index in [1.807, 2.05) is 25.1 Å². The summed E-state index contributed by atoms with van der Waals surface area (Å²) in [4.78, 5) is 2.27. The third-order valence-corrected chi connectivity index (χ3v) is 3.25. The Morgan fingerprint density at radius 1 is 1.26 bits per heavy atom. The van der Waals surface area contributed by atoms with Gasteiger partial charge in [-0.25, -0.2) is 0 Å². The van der Waals surface area contributed by atoms with Gasteiger partial charge in [-0.1, -0.05) is 32.4 Å². The minimum Gasteiger partial charge on any atom is -0.496 e. The number of hydrogen-bond acceptors (Lipinski definition) is 3.